The summed E-state index contributed by atoms with van der Waals surface area (Å²) in [6, 6.07) is 4.23. The van der Waals surface area contributed by atoms with Crippen molar-refractivity contribution in [2.24, 2.45) is 0 Å². The van der Waals surface area contributed by atoms with Crippen molar-refractivity contribution in [2.45, 2.75) is 24.5 Å². The lowest BCUT2D eigenvalue weighted by molar-refractivity contribution is -0.116. The fraction of sp³-hybridized carbons (Fsp3) is 0.417. The normalized spacial score (nSPS) is 21.8. The highest BCUT2D eigenvalue weighted by atomic mass is 35.5. The zero-order chi connectivity index (χ0) is 14.0. The topological polar surface area (TPSA) is 83.5 Å². The fourth-order valence-electron chi connectivity index (χ4n) is 2.06. The van der Waals surface area contributed by atoms with E-state index in [9.17, 15) is 18.3 Å². The van der Waals surface area contributed by atoms with Gasteiger partial charge in [-0.25, -0.2) is 8.42 Å². The first kappa shape index (κ1) is 14.1. The summed E-state index contributed by atoms with van der Waals surface area (Å²) < 4.78 is 23.6. The van der Waals surface area contributed by atoms with Gasteiger partial charge in [-0.15, -0.1) is 0 Å². The molecule has 7 heteroatoms. The summed E-state index contributed by atoms with van der Waals surface area (Å²) in [6.45, 7) is 0. The van der Waals surface area contributed by atoms with Crippen LogP contribution in [0.4, 0.5) is 5.69 Å². The van der Waals surface area contributed by atoms with Crippen LogP contribution in [0.3, 0.4) is 0 Å². The maximum atomic E-state index is 12.0. The number of phenols is 1. The van der Waals surface area contributed by atoms with Crippen molar-refractivity contribution in [2.75, 3.05) is 11.1 Å². The molecule has 1 heterocycles. The number of phenolic OH excluding ortho intramolecular Hbond substituents is 1. The van der Waals surface area contributed by atoms with Gasteiger partial charge in [0.25, 0.3) is 0 Å². The largest absolute Gasteiger partial charge is 0.506 e. The van der Waals surface area contributed by atoms with Crippen LogP contribution in [0.2, 0.25) is 5.02 Å². The van der Waals surface area contributed by atoms with Crippen LogP contribution in [-0.4, -0.2) is 30.4 Å². The molecule has 0 spiro atoms. The Bertz CT molecular complexity index is 600. The number of carbonyl (C=O) groups is 1. The van der Waals surface area contributed by atoms with Gasteiger partial charge < -0.3 is 10.4 Å². The molecule has 1 aromatic rings. The number of benzene rings is 1. The van der Waals surface area contributed by atoms with Crippen LogP contribution in [0.15, 0.2) is 18.2 Å². The van der Waals surface area contributed by atoms with Crippen molar-refractivity contribution in [3.63, 3.8) is 0 Å². The molecule has 5 nitrogen and oxygen atoms in total. The Kier molecular flexibility index (Phi) is 4.01. The lowest BCUT2D eigenvalue weighted by Crippen LogP contribution is -2.39. The third-order valence-electron chi connectivity index (χ3n) is 3.08. The van der Waals surface area contributed by atoms with Gasteiger partial charge in [-0.3, -0.25) is 4.79 Å². The predicted molar refractivity (Wildman–Crippen MR) is 73.2 cm³/mol. The molecule has 0 bridgehead atoms. The van der Waals surface area contributed by atoms with Gasteiger partial charge in [0.05, 0.1) is 10.8 Å². The molecule has 0 aliphatic carbocycles. The Morgan fingerprint density at radius 3 is 2.74 bits per heavy atom. The molecule has 19 heavy (non-hydrogen) atoms. The Hall–Kier alpha value is -1.27. The number of hydrogen-bond acceptors (Lipinski definition) is 4. The molecule has 0 aromatic heterocycles. The van der Waals surface area contributed by atoms with E-state index in [-0.39, 0.29) is 16.5 Å². The number of halogens is 1. The second kappa shape index (κ2) is 5.38. The molecule has 1 atom stereocenters. The van der Waals surface area contributed by atoms with Crippen LogP contribution in [0.5, 0.6) is 5.75 Å². The number of sulfone groups is 1. The SMILES string of the molecule is O=C(Nc1ccc(Cl)c(O)c1)C1CCCCS1(=O)=O. The quantitative estimate of drug-likeness (QED) is 0.874. The molecule has 1 amide bonds. The highest BCUT2D eigenvalue weighted by Gasteiger charge is 2.34. The van der Waals surface area contributed by atoms with Gasteiger partial charge in [0.15, 0.2) is 9.84 Å². The van der Waals surface area contributed by atoms with Gasteiger partial charge in [0, 0.05) is 11.8 Å². The average molecular weight is 304 g/mol. The third kappa shape index (κ3) is 3.19. The first-order valence-electron chi connectivity index (χ1n) is 5.91. The van der Waals surface area contributed by atoms with E-state index in [1.165, 1.54) is 18.2 Å². The van der Waals surface area contributed by atoms with Crippen LogP contribution < -0.4 is 5.32 Å². The Morgan fingerprint density at radius 2 is 2.11 bits per heavy atom. The summed E-state index contributed by atoms with van der Waals surface area (Å²) in [5.41, 5.74) is 0.327. The molecule has 2 N–H and O–H groups in total. The molecule has 1 aliphatic rings. The van der Waals surface area contributed by atoms with E-state index in [4.69, 9.17) is 11.6 Å². The second-order valence-corrected chi connectivity index (χ2v) is 7.22. The van der Waals surface area contributed by atoms with Crippen molar-refractivity contribution < 1.29 is 18.3 Å². The van der Waals surface area contributed by atoms with Gasteiger partial charge in [-0.1, -0.05) is 18.0 Å². The molecule has 0 saturated carbocycles. The molecule has 1 fully saturated rings. The summed E-state index contributed by atoms with van der Waals surface area (Å²) in [7, 11) is -3.36. The number of rotatable bonds is 2. The molecule has 1 saturated heterocycles. The number of nitrogens with one attached hydrogen (secondary N) is 1. The molecular formula is C12H14ClNO4S. The third-order valence-corrected chi connectivity index (χ3v) is 5.58. The fourth-order valence-corrected chi connectivity index (χ4v) is 3.98. The van der Waals surface area contributed by atoms with Crippen LogP contribution >= 0.6 is 11.6 Å². The number of amides is 1. The highest BCUT2D eigenvalue weighted by molar-refractivity contribution is 7.92. The minimum Gasteiger partial charge on any atom is -0.506 e. The first-order valence-corrected chi connectivity index (χ1v) is 8.00. The van der Waals surface area contributed by atoms with Gasteiger partial charge >= 0.3 is 0 Å². The van der Waals surface area contributed by atoms with E-state index in [1.54, 1.807) is 0 Å². The van der Waals surface area contributed by atoms with E-state index in [1.807, 2.05) is 0 Å². The number of carbonyl (C=O) groups excluding carboxylic acids is 1. The van der Waals surface area contributed by atoms with Gasteiger partial charge in [-0.05, 0) is 25.0 Å². The van der Waals surface area contributed by atoms with Gasteiger partial charge in [0.1, 0.15) is 11.0 Å². The summed E-state index contributed by atoms with van der Waals surface area (Å²) in [5.74, 6) is -0.663. The molecule has 104 valence electrons. The summed E-state index contributed by atoms with van der Waals surface area (Å²) in [6.07, 6.45) is 1.67. The molecule has 2 rings (SSSR count). The van der Waals surface area contributed by atoms with Crippen molar-refractivity contribution in [3.8, 4) is 5.75 Å². The molecule has 1 unspecified atom stereocenters. The zero-order valence-electron chi connectivity index (χ0n) is 10.1. The van der Waals surface area contributed by atoms with Crippen LogP contribution in [0, 0.1) is 0 Å². The van der Waals surface area contributed by atoms with Crippen molar-refractivity contribution in [1.29, 1.82) is 0 Å². The standard InChI is InChI=1S/C12H14ClNO4S/c13-9-5-4-8(7-10(9)15)14-12(16)11-3-1-2-6-19(11,17)18/h4-5,7,11,15H,1-3,6H2,(H,14,16). The van der Waals surface area contributed by atoms with E-state index in [0.29, 0.717) is 18.5 Å². The lowest BCUT2D eigenvalue weighted by Gasteiger charge is -2.21. The molecule has 1 aromatic carbocycles. The minimum absolute atomic E-state index is 0.0525. The highest BCUT2D eigenvalue weighted by Crippen LogP contribution is 2.27. The van der Waals surface area contributed by atoms with Gasteiger partial charge in [-0.2, -0.15) is 0 Å². The predicted octanol–water partition coefficient (Wildman–Crippen LogP) is 1.95. The van der Waals surface area contributed by atoms with Gasteiger partial charge in [0.2, 0.25) is 5.91 Å². The molecular weight excluding hydrogens is 290 g/mol. The minimum atomic E-state index is -3.36. The number of anilines is 1. The monoisotopic (exact) mass is 303 g/mol. The second-order valence-electron chi connectivity index (χ2n) is 4.51. The smallest absolute Gasteiger partial charge is 0.242 e. The van der Waals surface area contributed by atoms with Crippen LogP contribution in [-0.2, 0) is 14.6 Å². The van der Waals surface area contributed by atoms with Crippen LogP contribution in [0.25, 0.3) is 0 Å². The maximum Gasteiger partial charge on any atom is 0.242 e. The molecule has 0 radical (unpaired) electrons. The maximum absolute atomic E-state index is 12.0. The summed E-state index contributed by atoms with van der Waals surface area (Å²) >= 11 is 5.65. The van der Waals surface area contributed by atoms with E-state index in [0.717, 1.165) is 6.42 Å². The first-order chi connectivity index (χ1) is 8.90. The van der Waals surface area contributed by atoms with Crippen molar-refractivity contribution >= 4 is 33.0 Å². The Balaban J connectivity index is 2.14. The average Bonchev–Trinajstić information content (AvgIpc) is 2.33. The lowest BCUT2D eigenvalue weighted by atomic mass is 10.2. The van der Waals surface area contributed by atoms with E-state index >= 15 is 0 Å². The van der Waals surface area contributed by atoms with Crippen molar-refractivity contribution in [1.82, 2.24) is 0 Å². The van der Waals surface area contributed by atoms with Crippen molar-refractivity contribution in [3.05, 3.63) is 23.2 Å². The number of aromatic hydroxyl groups is 1. The Labute approximate surface area is 116 Å². The summed E-state index contributed by atoms with van der Waals surface area (Å²) in [4.78, 5) is 12.0. The van der Waals surface area contributed by atoms with Crippen LogP contribution in [0.1, 0.15) is 19.3 Å². The number of hydrogen-bond donors (Lipinski definition) is 2. The zero-order valence-corrected chi connectivity index (χ0v) is 11.7. The Morgan fingerprint density at radius 1 is 1.37 bits per heavy atom. The van der Waals surface area contributed by atoms with E-state index in [2.05, 4.69) is 5.32 Å². The summed E-state index contributed by atoms with van der Waals surface area (Å²) in [5, 5.41) is 11.1. The van der Waals surface area contributed by atoms with E-state index < -0.39 is 21.0 Å². The molecule has 1 aliphatic heterocycles.